The van der Waals surface area contributed by atoms with Crippen LogP contribution in [0.1, 0.15) is 11.5 Å². The van der Waals surface area contributed by atoms with E-state index in [0.29, 0.717) is 5.16 Å². The van der Waals surface area contributed by atoms with Gasteiger partial charge in [0, 0.05) is 19.9 Å². The van der Waals surface area contributed by atoms with Gasteiger partial charge in [-0.15, -0.1) is 10.8 Å². The number of nitrogens with zero attached hydrogens (tertiary/aromatic N) is 6. The molecule has 3 atom stereocenters. The number of β-lactam (4-membered cyclic amide) rings is 1. The average molecular weight is 564 g/mol. The molecule has 2 aliphatic heterocycles. The van der Waals surface area contributed by atoms with Crippen molar-refractivity contribution in [1.82, 2.24) is 25.1 Å². The van der Waals surface area contributed by atoms with Crippen molar-refractivity contribution in [3.8, 4) is 5.75 Å². The van der Waals surface area contributed by atoms with Crippen LogP contribution >= 0.6 is 11.8 Å². The van der Waals surface area contributed by atoms with Gasteiger partial charge < -0.3 is 29.9 Å². The van der Waals surface area contributed by atoms with Crippen molar-refractivity contribution in [2.24, 2.45) is 12.0 Å². The van der Waals surface area contributed by atoms with E-state index in [-0.39, 0.29) is 88.3 Å². The van der Waals surface area contributed by atoms with Gasteiger partial charge >= 0.3 is 71.1 Å². The first kappa shape index (κ1) is 32.2. The van der Waals surface area contributed by atoms with Crippen molar-refractivity contribution < 1.29 is 103 Å². The number of tetrazole rings is 1. The van der Waals surface area contributed by atoms with Crippen LogP contribution in [0.15, 0.2) is 45.7 Å². The summed E-state index contributed by atoms with van der Waals surface area (Å²) in [6, 6.07) is 4.51. The Labute approximate surface area is 263 Å². The molecule has 1 fully saturated rings. The van der Waals surface area contributed by atoms with Crippen LogP contribution in [0.2, 0.25) is 0 Å². The van der Waals surface area contributed by atoms with Gasteiger partial charge in [0.15, 0.2) is 6.23 Å². The number of hydrogen-bond acceptors (Lipinski definition) is 12. The number of thioether (sulfide) groups is 1. The minimum Gasteiger partial charge on any atom is -0.872 e. The van der Waals surface area contributed by atoms with Crippen LogP contribution in [0.4, 0.5) is 0 Å². The number of carbonyl (C=O) groups excluding carboxylic acids is 1. The second-order valence-electron chi connectivity index (χ2n) is 7.66. The molecule has 4 rings (SSSR count). The summed E-state index contributed by atoms with van der Waals surface area (Å²) >= 11 is 1.12. The summed E-state index contributed by atoms with van der Waals surface area (Å²) < 4.78 is 12.3. The second kappa shape index (κ2) is 12.9. The fourth-order valence-electron chi connectivity index (χ4n) is 3.79. The Hall–Kier alpha value is -2.02. The number of carbonyl (C=O) groups is 3. The molecule has 3 unspecified atom stereocenters. The molecule has 38 heavy (non-hydrogen) atoms. The number of carboxylic acid groups (broad SMARTS) is 2. The zero-order valence-electron chi connectivity index (χ0n) is 20.7. The molecular formula is C20H18N6Na2O9S. The molecule has 2 N–H and O–H groups in total. The van der Waals surface area contributed by atoms with Crippen LogP contribution in [-0.4, -0.2) is 90.5 Å². The van der Waals surface area contributed by atoms with E-state index in [4.69, 9.17) is 9.47 Å². The van der Waals surface area contributed by atoms with Crippen LogP contribution in [0.5, 0.6) is 5.75 Å². The molecule has 2 aliphatic rings. The molecule has 190 valence electrons. The number of aliphatic imine (C=N–C) groups is 1. The summed E-state index contributed by atoms with van der Waals surface area (Å²) in [7, 11) is 2.67. The number of hydrogen-bond donors (Lipinski definition) is 2. The van der Waals surface area contributed by atoms with Crippen molar-refractivity contribution in [2.75, 3.05) is 19.5 Å². The number of aliphatic carboxylic acids is 2. The van der Waals surface area contributed by atoms with Gasteiger partial charge in [0.25, 0.3) is 11.6 Å². The number of fused-ring (bicyclic) bond motifs is 1. The SMILES string of the molecule is COC1(/N=C(\[O-])C(C(=O)O)c2ccc([O-])cc2)C(=O)N2C(C(=O)O)=C(CSc3nnnn3C)COC21.[Na+].[Na+]. The summed E-state index contributed by atoms with van der Waals surface area (Å²) in [5, 5.41) is 55.1. The van der Waals surface area contributed by atoms with Gasteiger partial charge in [0.2, 0.25) is 5.16 Å². The van der Waals surface area contributed by atoms with Crippen LogP contribution in [-0.2, 0) is 30.9 Å². The standard InChI is InChI=1S/C20H20N6O9S.2Na/c1-25-19(22-23-24-25)36-8-10-7-35-18-20(34-2,17(33)26(18)13(10)16(31)32)21-14(28)12(15(29)30)9-3-5-11(27)6-4-9;;/h3-6,12,18,27H,7-8H2,1-2H3,(H,21,28)(H,29,30)(H,31,32);;/q;2*+1/p-2. The topological polar surface area (TPSA) is 215 Å². The third kappa shape index (κ3) is 5.78. The predicted octanol–water partition coefficient (Wildman–Crippen LogP) is -8.11. The fourth-order valence-corrected chi connectivity index (χ4v) is 4.63. The molecule has 18 heteroatoms. The molecule has 0 saturated carbocycles. The maximum Gasteiger partial charge on any atom is 1.00 e. The predicted molar refractivity (Wildman–Crippen MR) is 114 cm³/mol. The van der Waals surface area contributed by atoms with E-state index in [1.54, 1.807) is 7.05 Å². The van der Waals surface area contributed by atoms with E-state index < -0.39 is 47.4 Å². The Balaban J connectivity index is 0.00000253. The van der Waals surface area contributed by atoms with Crippen molar-refractivity contribution in [2.45, 2.75) is 23.0 Å². The summed E-state index contributed by atoms with van der Waals surface area (Å²) in [6.07, 6.45) is -1.42. The first-order chi connectivity index (χ1) is 17.1. The fraction of sp³-hybridized carbons (Fsp3) is 0.350. The summed E-state index contributed by atoms with van der Waals surface area (Å²) in [4.78, 5) is 41.6. The van der Waals surface area contributed by atoms with E-state index in [2.05, 4.69) is 20.5 Å². The summed E-state index contributed by atoms with van der Waals surface area (Å²) in [5.74, 6) is -7.37. The molecule has 1 amide bonds. The van der Waals surface area contributed by atoms with Crippen molar-refractivity contribution >= 4 is 35.5 Å². The monoisotopic (exact) mass is 564 g/mol. The molecular weight excluding hydrogens is 546 g/mol. The molecule has 0 bridgehead atoms. The van der Waals surface area contributed by atoms with Gasteiger partial charge in [0.1, 0.15) is 11.6 Å². The number of methoxy groups -OCH3 is 1. The molecule has 3 heterocycles. The minimum atomic E-state index is -2.28. The zero-order chi connectivity index (χ0) is 26.2. The molecule has 1 aromatic carbocycles. The van der Waals surface area contributed by atoms with Crippen LogP contribution in [0.3, 0.4) is 0 Å². The largest absolute Gasteiger partial charge is 1.00 e. The van der Waals surface area contributed by atoms with Gasteiger partial charge in [0.05, 0.1) is 6.61 Å². The first-order valence-corrected chi connectivity index (χ1v) is 11.2. The van der Waals surface area contributed by atoms with Gasteiger partial charge in [-0.25, -0.2) is 9.48 Å². The van der Waals surface area contributed by atoms with Gasteiger partial charge in [-0.1, -0.05) is 36.0 Å². The zero-order valence-corrected chi connectivity index (χ0v) is 25.5. The second-order valence-corrected chi connectivity index (χ2v) is 8.60. The molecule has 1 saturated heterocycles. The van der Waals surface area contributed by atoms with Crippen molar-refractivity contribution in [3.63, 3.8) is 0 Å². The Kier molecular flexibility index (Phi) is 10.9. The van der Waals surface area contributed by atoms with E-state index in [1.165, 1.54) is 16.8 Å². The third-order valence-electron chi connectivity index (χ3n) is 5.54. The van der Waals surface area contributed by atoms with E-state index >= 15 is 0 Å². The number of carboxylic acids is 2. The Bertz CT molecular complexity index is 1290. The van der Waals surface area contributed by atoms with E-state index in [1.807, 2.05) is 0 Å². The molecule has 0 radical (unpaired) electrons. The van der Waals surface area contributed by atoms with E-state index in [9.17, 15) is 34.8 Å². The summed E-state index contributed by atoms with van der Waals surface area (Å²) in [5.41, 5.74) is -2.43. The number of aromatic nitrogens is 4. The van der Waals surface area contributed by atoms with Gasteiger partial charge in [-0.2, -0.15) is 0 Å². The average Bonchev–Trinajstić information content (AvgIpc) is 3.25. The number of benzene rings is 1. The number of rotatable bonds is 9. The van der Waals surface area contributed by atoms with Crippen LogP contribution in [0.25, 0.3) is 0 Å². The summed E-state index contributed by atoms with van der Waals surface area (Å²) in [6.45, 7) is -0.240. The molecule has 15 nitrogen and oxygen atoms in total. The first-order valence-electron chi connectivity index (χ1n) is 10.2. The minimum absolute atomic E-state index is 0. The molecule has 2 aromatic rings. The number of aryl methyl sites for hydroxylation is 1. The van der Waals surface area contributed by atoms with Gasteiger partial charge in [-0.05, 0) is 27.5 Å². The molecule has 1 aromatic heterocycles. The van der Waals surface area contributed by atoms with Crippen LogP contribution < -0.4 is 69.3 Å². The normalized spacial score (nSPS) is 21.5. The Morgan fingerprint density at radius 1 is 1.32 bits per heavy atom. The third-order valence-corrected chi connectivity index (χ3v) is 6.64. The van der Waals surface area contributed by atoms with Crippen molar-refractivity contribution in [1.29, 1.82) is 0 Å². The molecule has 0 spiro atoms. The smallest absolute Gasteiger partial charge is 0.872 e. The quantitative estimate of drug-likeness (QED) is 0.0952. The Morgan fingerprint density at radius 2 is 1.97 bits per heavy atom. The molecule has 0 aliphatic carbocycles. The number of amides is 1. The van der Waals surface area contributed by atoms with Gasteiger partial charge in [-0.3, -0.25) is 19.5 Å². The van der Waals surface area contributed by atoms with Crippen LogP contribution in [0, 0.1) is 0 Å². The maximum absolute atomic E-state index is 13.2. The number of ether oxygens (including phenoxy) is 2. The van der Waals surface area contributed by atoms with Crippen molar-refractivity contribution in [3.05, 3.63) is 41.1 Å². The maximum atomic E-state index is 13.2. The van der Waals surface area contributed by atoms with E-state index in [0.717, 1.165) is 35.9 Å². The Morgan fingerprint density at radius 3 is 2.50 bits per heavy atom.